The lowest BCUT2D eigenvalue weighted by Gasteiger charge is -2.29. The zero-order valence-corrected chi connectivity index (χ0v) is 10.5. The van der Waals surface area contributed by atoms with Crippen molar-refractivity contribution in [3.63, 3.8) is 0 Å². The molecule has 5 heteroatoms. The smallest absolute Gasteiger partial charge is 0.251 e. The van der Waals surface area contributed by atoms with Crippen LogP contribution in [0, 0.1) is 17.2 Å². The van der Waals surface area contributed by atoms with Crippen LogP contribution in [0.2, 0.25) is 0 Å². The zero-order valence-electron chi connectivity index (χ0n) is 10.5. The number of hydrogen-bond acceptors (Lipinski definition) is 3. The van der Waals surface area contributed by atoms with Crippen LogP contribution in [0.4, 0.5) is 8.78 Å². The van der Waals surface area contributed by atoms with E-state index in [4.69, 9.17) is 0 Å². The predicted octanol–water partition coefficient (Wildman–Crippen LogP) is 1.86. The second kappa shape index (κ2) is 6.27. The topological polar surface area (TPSA) is 39.1 Å². The Labute approximate surface area is 102 Å². The fraction of sp³-hybridized carbons (Fsp3) is 0.917. The third-order valence-corrected chi connectivity index (χ3v) is 3.78. The van der Waals surface area contributed by atoms with E-state index < -0.39 is 12.0 Å². The minimum atomic E-state index is -2.28. The van der Waals surface area contributed by atoms with Crippen LogP contribution in [0.5, 0.6) is 0 Å². The van der Waals surface area contributed by atoms with E-state index in [1.807, 2.05) is 7.05 Å². The molecule has 0 heterocycles. The largest absolute Gasteiger partial charge is 0.302 e. The highest BCUT2D eigenvalue weighted by atomic mass is 19.3. The van der Waals surface area contributed by atoms with Gasteiger partial charge in [-0.2, -0.15) is 5.26 Å². The van der Waals surface area contributed by atoms with Crippen molar-refractivity contribution in [1.29, 1.82) is 5.26 Å². The van der Waals surface area contributed by atoms with E-state index in [0.29, 0.717) is 6.54 Å². The molecule has 1 rings (SSSR count). The number of nitrogens with zero attached hydrogens (tertiary/aromatic N) is 2. The van der Waals surface area contributed by atoms with Crippen molar-refractivity contribution < 1.29 is 8.78 Å². The minimum Gasteiger partial charge on any atom is -0.302 e. The summed E-state index contributed by atoms with van der Waals surface area (Å²) < 4.78 is 24.3. The number of halogens is 2. The van der Waals surface area contributed by atoms with Crippen LogP contribution in [-0.2, 0) is 0 Å². The standard InChI is InChI=1S/C12H21F2N3/c1-16-12(9-15)6-3-4-10(12)5-7-17(2)8-11(13)14/h10-11,16H,3-8H2,1-2H3. The maximum atomic E-state index is 12.2. The van der Waals surface area contributed by atoms with Gasteiger partial charge in [0.2, 0.25) is 0 Å². The van der Waals surface area contributed by atoms with Crippen molar-refractivity contribution in [3.8, 4) is 6.07 Å². The summed E-state index contributed by atoms with van der Waals surface area (Å²) in [6.45, 7) is 0.436. The Balaban J connectivity index is 2.43. The normalized spacial score (nSPS) is 28.9. The molecular weight excluding hydrogens is 224 g/mol. The average Bonchev–Trinajstić information content (AvgIpc) is 2.69. The number of hydrogen-bond donors (Lipinski definition) is 1. The third-order valence-electron chi connectivity index (χ3n) is 3.78. The molecule has 0 aromatic carbocycles. The first-order valence-electron chi connectivity index (χ1n) is 6.11. The van der Waals surface area contributed by atoms with Crippen LogP contribution in [0.3, 0.4) is 0 Å². The third kappa shape index (κ3) is 3.62. The van der Waals surface area contributed by atoms with E-state index >= 15 is 0 Å². The molecular formula is C12H21F2N3. The molecule has 1 saturated carbocycles. The Morgan fingerprint density at radius 2 is 2.29 bits per heavy atom. The van der Waals surface area contributed by atoms with Crippen LogP contribution >= 0.6 is 0 Å². The highest BCUT2D eigenvalue weighted by molar-refractivity contribution is 5.13. The van der Waals surface area contributed by atoms with Gasteiger partial charge in [0.25, 0.3) is 6.43 Å². The van der Waals surface area contributed by atoms with Crippen molar-refractivity contribution in [2.24, 2.45) is 5.92 Å². The van der Waals surface area contributed by atoms with Crippen molar-refractivity contribution >= 4 is 0 Å². The summed E-state index contributed by atoms with van der Waals surface area (Å²) in [4.78, 5) is 1.64. The van der Waals surface area contributed by atoms with Crippen LogP contribution in [-0.4, -0.2) is 44.0 Å². The van der Waals surface area contributed by atoms with Crippen molar-refractivity contribution in [3.05, 3.63) is 0 Å². The van der Waals surface area contributed by atoms with Gasteiger partial charge in [0.05, 0.1) is 12.6 Å². The van der Waals surface area contributed by atoms with Gasteiger partial charge in [0.1, 0.15) is 5.54 Å². The SMILES string of the molecule is CNC1(C#N)CCCC1CCN(C)CC(F)F. The molecule has 1 N–H and O–H groups in total. The van der Waals surface area contributed by atoms with E-state index in [1.54, 1.807) is 11.9 Å². The Morgan fingerprint density at radius 1 is 1.59 bits per heavy atom. The summed E-state index contributed by atoms with van der Waals surface area (Å²) in [7, 11) is 3.51. The van der Waals surface area contributed by atoms with E-state index in [2.05, 4.69) is 11.4 Å². The first-order valence-corrected chi connectivity index (χ1v) is 6.11. The van der Waals surface area contributed by atoms with Crippen LogP contribution in [0.25, 0.3) is 0 Å². The first kappa shape index (κ1) is 14.3. The maximum absolute atomic E-state index is 12.2. The molecule has 0 saturated heterocycles. The van der Waals surface area contributed by atoms with Crippen molar-refractivity contribution in [2.45, 2.75) is 37.6 Å². The van der Waals surface area contributed by atoms with E-state index in [1.165, 1.54) is 0 Å². The average molecular weight is 245 g/mol. The lowest BCUT2D eigenvalue weighted by atomic mass is 9.86. The monoisotopic (exact) mass is 245 g/mol. The summed E-state index contributed by atoms with van der Waals surface area (Å²) in [6, 6.07) is 2.36. The second-order valence-corrected chi connectivity index (χ2v) is 4.86. The molecule has 2 atom stereocenters. The van der Waals surface area contributed by atoms with Crippen LogP contribution < -0.4 is 5.32 Å². The fourth-order valence-electron chi connectivity index (χ4n) is 2.70. The van der Waals surface area contributed by atoms with Crippen LogP contribution in [0.1, 0.15) is 25.7 Å². The number of nitriles is 1. The van der Waals surface area contributed by atoms with E-state index in [9.17, 15) is 14.0 Å². The molecule has 1 aliphatic carbocycles. The highest BCUT2D eigenvalue weighted by Gasteiger charge is 2.41. The number of alkyl halides is 2. The Kier molecular flexibility index (Phi) is 5.29. The van der Waals surface area contributed by atoms with Crippen molar-refractivity contribution in [1.82, 2.24) is 10.2 Å². The van der Waals surface area contributed by atoms with Gasteiger partial charge in [-0.1, -0.05) is 6.42 Å². The van der Waals surface area contributed by atoms with E-state index in [-0.39, 0.29) is 12.5 Å². The molecule has 1 fully saturated rings. The Bertz CT molecular complexity index is 277. The van der Waals surface area contributed by atoms with Crippen molar-refractivity contribution in [2.75, 3.05) is 27.2 Å². The summed E-state index contributed by atoms with van der Waals surface area (Å²) >= 11 is 0. The van der Waals surface area contributed by atoms with Crippen LogP contribution in [0.15, 0.2) is 0 Å². The summed E-state index contributed by atoms with van der Waals surface area (Å²) in [6.07, 6.45) is 1.43. The summed E-state index contributed by atoms with van der Waals surface area (Å²) in [5.74, 6) is 0.276. The highest BCUT2D eigenvalue weighted by Crippen LogP contribution is 2.37. The molecule has 0 aromatic rings. The molecule has 2 unspecified atom stereocenters. The number of nitrogens with one attached hydrogen (secondary N) is 1. The van der Waals surface area contributed by atoms with Gasteiger partial charge in [0, 0.05) is 0 Å². The van der Waals surface area contributed by atoms with Gasteiger partial charge in [-0.15, -0.1) is 0 Å². The zero-order chi connectivity index (χ0) is 12.9. The fourth-order valence-corrected chi connectivity index (χ4v) is 2.70. The molecule has 0 bridgehead atoms. The predicted molar refractivity (Wildman–Crippen MR) is 62.9 cm³/mol. The molecule has 1 aliphatic rings. The van der Waals surface area contributed by atoms with Gasteiger partial charge in [-0.3, -0.25) is 0 Å². The number of rotatable bonds is 6. The van der Waals surface area contributed by atoms with E-state index in [0.717, 1.165) is 25.7 Å². The Hall–Kier alpha value is -0.730. The second-order valence-electron chi connectivity index (χ2n) is 4.86. The molecule has 0 radical (unpaired) electrons. The lowest BCUT2D eigenvalue weighted by Crippen LogP contribution is -2.45. The van der Waals surface area contributed by atoms with Gasteiger partial charge in [-0.05, 0) is 45.8 Å². The lowest BCUT2D eigenvalue weighted by molar-refractivity contribution is 0.0962. The molecule has 17 heavy (non-hydrogen) atoms. The quantitative estimate of drug-likeness (QED) is 0.776. The summed E-state index contributed by atoms with van der Waals surface area (Å²) in [5.41, 5.74) is -0.439. The molecule has 0 aliphatic heterocycles. The van der Waals surface area contributed by atoms with Gasteiger partial charge in [-0.25, -0.2) is 8.78 Å². The van der Waals surface area contributed by atoms with Gasteiger partial charge < -0.3 is 10.2 Å². The minimum absolute atomic E-state index is 0.189. The molecule has 3 nitrogen and oxygen atoms in total. The Morgan fingerprint density at radius 3 is 2.82 bits per heavy atom. The molecule has 0 spiro atoms. The molecule has 98 valence electrons. The summed E-state index contributed by atoms with van der Waals surface area (Å²) in [5, 5.41) is 12.4. The first-order chi connectivity index (χ1) is 8.04. The van der Waals surface area contributed by atoms with Gasteiger partial charge >= 0.3 is 0 Å². The van der Waals surface area contributed by atoms with Gasteiger partial charge in [0.15, 0.2) is 0 Å². The molecule has 0 amide bonds. The molecule has 0 aromatic heterocycles. The maximum Gasteiger partial charge on any atom is 0.251 e.